The minimum atomic E-state index is -3.72. The van der Waals surface area contributed by atoms with Gasteiger partial charge >= 0.3 is 8.26 Å². The van der Waals surface area contributed by atoms with Gasteiger partial charge in [0.05, 0.1) is 4.91 Å². The summed E-state index contributed by atoms with van der Waals surface area (Å²) in [5.41, 5.74) is 0.528. The summed E-state index contributed by atoms with van der Waals surface area (Å²) in [5.74, 6) is 0. The fourth-order valence-corrected chi connectivity index (χ4v) is 1.25. The third-order valence-electron chi connectivity index (χ3n) is 1.44. The molecule has 1 aromatic carbocycles. The first-order valence-electron chi connectivity index (χ1n) is 3.93. The van der Waals surface area contributed by atoms with E-state index in [0.717, 1.165) is 0 Å². The van der Waals surface area contributed by atoms with Crippen molar-refractivity contribution < 1.29 is 16.8 Å². The largest absolute Gasteiger partial charge is 0.317 e. The highest BCUT2D eigenvalue weighted by Gasteiger charge is 2.09. The van der Waals surface area contributed by atoms with E-state index in [1.165, 1.54) is 0 Å². The minimum Gasteiger partial charge on any atom is -0.225 e. The van der Waals surface area contributed by atoms with Crippen LogP contribution in [0.4, 0.5) is 0 Å². The lowest BCUT2D eigenvalue weighted by Crippen LogP contribution is -2.12. The van der Waals surface area contributed by atoms with E-state index in [1.807, 2.05) is 0 Å². The Hall–Kier alpha value is -0.600. The van der Waals surface area contributed by atoms with Crippen molar-refractivity contribution in [2.45, 2.75) is 0 Å². The molecule has 96 valence electrons. The third kappa shape index (κ3) is 9.13. The van der Waals surface area contributed by atoms with Gasteiger partial charge in [0.25, 0.3) is 0 Å². The molecule has 0 aliphatic carbocycles. The van der Waals surface area contributed by atoms with Crippen LogP contribution < -0.4 is 5.14 Å². The zero-order valence-electron chi connectivity index (χ0n) is 8.38. The van der Waals surface area contributed by atoms with Crippen LogP contribution in [-0.4, -0.2) is 16.8 Å². The zero-order valence-corrected chi connectivity index (χ0v) is 11.5. The first-order valence-corrected chi connectivity index (χ1v) is 8.61. The van der Waals surface area contributed by atoms with Crippen LogP contribution >= 0.6 is 21.4 Å². The second-order valence-corrected chi connectivity index (χ2v) is 7.96. The molecule has 1 rings (SSSR count). The van der Waals surface area contributed by atoms with Crippen LogP contribution in [0.25, 0.3) is 4.91 Å². The average Bonchev–Trinajstić information content (AvgIpc) is 2.14. The lowest BCUT2D eigenvalue weighted by Gasteiger charge is -2.00. The Morgan fingerprint density at radius 3 is 1.71 bits per heavy atom. The summed E-state index contributed by atoms with van der Waals surface area (Å²) in [6.45, 7) is 3.38. The number of sulfonamides is 1. The number of hydrogen-bond acceptors (Lipinski definition) is 4. The molecule has 0 unspecified atom stereocenters. The Morgan fingerprint density at radius 2 is 1.41 bits per heavy atom. The Morgan fingerprint density at radius 1 is 1.06 bits per heavy atom. The molecular weight excluding hydrogens is 309 g/mol. The van der Waals surface area contributed by atoms with E-state index in [2.05, 4.69) is 27.9 Å². The van der Waals surface area contributed by atoms with E-state index in [9.17, 15) is 8.42 Å². The molecule has 0 fully saturated rings. The van der Waals surface area contributed by atoms with Crippen molar-refractivity contribution in [1.82, 2.24) is 0 Å². The van der Waals surface area contributed by atoms with Gasteiger partial charge in [-0.2, -0.15) is 8.42 Å². The Balaban J connectivity index is 0.000000437. The molecule has 0 radical (unpaired) electrons. The van der Waals surface area contributed by atoms with Crippen molar-refractivity contribution >= 4 is 44.6 Å². The van der Waals surface area contributed by atoms with Crippen LogP contribution in [0.5, 0.6) is 0 Å². The van der Waals surface area contributed by atoms with E-state index in [-0.39, 0.29) is 4.91 Å². The molecule has 0 bridgehead atoms. The molecule has 0 aliphatic heterocycles. The number of primary sulfonamides is 1. The highest BCUT2D eigenvalue weighted by molar-refractivity contribution is 8.31. The maximum Gasteiger partial charge on any atom is 0.317 e. The summed E-state index contributed by atoms with van der Waals surface area (Å²) < 4.78 is 39.9. The molecule has 0 heterocycles. The fraction of sp³-hybridized carbons (Fsp3) is 0. The second kappa shape index (κ2) is 6.36. The average molecular weight is 318 g/mol. The van der Waals surface area contributed by atoms with E-state index < -0.39 is 18.3 Å². The summed E-state index contributed by atoms with van der Waals surface area (Å²) in [7, 11) is 1.16. The van der Waals surface area contributed by atoms with Crippen molar-refractivity contribution in [2.75, 3.05) is 0 Å². The van der Waals surface area contributed by atoms with Gasteiger partial charge in [0, 0.05) is 21.4 Å². The van der Waals surface area contributed by atoms with E-state index in [1.54, 1.807) is 30.3 Å². The normalized spacial score (nSPS) is 11.2. The molecule has 17 heavy (non-hydrogen) atoms. The van der Waals surface area contributed by atoms with Crippen LogP contribution in [0.15, 0.2) is 36.9 Å². The first kappa shape index (κ1) is 16.4. The van der Waals surface area contributed by atoms with Gasteiger partial charge in [0.1, 0.15) is 0 Å². The quantitative estimate of drug-likeness (QED) is 0.839. The van der Waals surface area contributed by atoms with Crippen molar-refractivity contribution in [2.24, 2.45) is 5.14 Å². The Labute approximate surface area is 109 Å². The van der Waals surface area contributed by atoms with Crippen molar-refractivity contribution in [3.63, 3.8) is 0 Å². The van der Waals surface area contributed by atoms with Gasteiger partial charge in [0.2, 0.25) is 10.0 Å². The monoisotopic (exact) mass is 317 g/mol. The molecule has 9 heteroatoms. The Bertz CT molecular complexity index is 573. The molecule has 0 amide bonds. The third-order valence-corrected chi connectivity index (χ3v) is 2.36. The van der Waals surface area contributed by atoms with Gasteiger partial charge in [0.15, 0.2) is 0 Å². The lowest BCUT2D eigenvalue weighted by molar-refractivity contribution is 0.607. The van der Waals surface area contributed by atoms with Crippen LogP contribution in [-0.2, 0) is 18.3 Å². The summed E-state index contributed by atoms with van der Waals surface area (Å²) in [6.07, 6.45) is 0. The molecule has 0 aliphatic rings. The molecule has 0 atom stereocenters. The SMILES string of the molecule is C=C(c1ccccc1)S(N)(=O)=O.O=S(=O)(Cl)Cl. The number of rotatable bonds is 2. The van der Waals surface area contributed by atoms with E-state index in [4.69, 9.17) is 13.6 Å². The number of hydrogen-bond donors (Lipinski definition) is 1. The van der Waals surface area contributed by atoms with Gasteiger partial charge in [-0.1, -0.05) is 36.9 Å². The highest BCUT2D eigenvalue weighted by atomic mass is 36.0. The topological polar surface area (TPSA) is 94.3 Å². The molecule has 1 aromatic rings. The summed E-state index contributed by atoms with van der Waals surface area (Å²) in [5, 5.41) is 4.88. The molecular formula is C8H9Cl2NO4S2. The predicted molar refractivity (Wildman–Crippen MR) is 69.2 cm³/mol. The van der Waals surface area contributed by atoms with Gasteiger partial charge in [-0.05, 0) is 5.56 Å². The fourth-order valence-electron chi connectivity index (χ4n) is 0.788. The molecule has 0 spiro atoms. The second-order valence-electron chi connectivity index (χ2n) is 2.71. The number of nitrogens with two attached hydrogens (primary N) is 1. The smallest absolute Gasteiger partial charge is 0.225 e. The summed E-state index contributed by atoms with van der Waals surface area (Å²) in [4.78, 5) is -0.0527. The molecule has 5 nitrogen and oxygen atoms in total. The van der Waals surface area contributed by atoms with Crippen LogP contribution in [0.3, 0.4) is 0 Å². The van der Waals surface area contributed by atoms with Gasteiger partial charge < -0.3 is 0 Å². The molecule has 0 aromatic heterocycles. The first-order chi connectivity index (χ1) is 7.52. The van der Waals surface area contributed by atoms with E-state index >= 15 is 0 Å². The molecule has 0 saturated carbocycles. The molecule has 0 saturated heterocycles. The number of halogens is 2. The lowest BCUT2D eigenvalue weighted by atomic mass is 10.2. The van der Waals surface area contributed by atoms with Crippen molar-refractivity contribution in [3.8, 4) is 0 Å². The summed E-state index contributed by atoms with van der Waals surface area (Å²) in [6, 6.07) is 8.54. The van der Waals surface area contributed by atoms with E-state index in [0.29, 0.717) is 5.56 Å². The standard InChI is InChI=1S/C8H9NO2S.Cl2O2S/c1-7(12(9,10)11)8-5-3-2-4-6-8;1-5(2,3)4/h2-6H,1H2,(H2,9,10,11);. The zero-order chi connectivity index (χ0) is 13.7. The maximum atomic E-state index is 10.8. The minimum absolute atomic E-state index is 0.0527. The summed E-state index contributed by atoms with van der Waals surface area (Å²) >= 11 is 0. The maximum absolute atomic E-state index is 10.8. The number of benzene rings is 1. The van der Waals surface area contributed by atoms with Crippen LogP contribution in [0.1, 0.15) is 5.56 Å². The van der Waals surface area contributed by atoms with Gasteiger partial charge in [-0.25, -0.2) is 13.6 Å². The van der Waals surface area contributed by atoms with Crippen molar-refractivity contribution in [1.29, 1.82) is 0 Å². The van der Waals surface area contributed by atoms with Gasteiger partial charge in [-0.15, -0.1) is 0 Å². The van der Waals surface area contributed by atoms with Crippen LogP contribution in [0.2, 0.25) is 0 Å². The highest BCUT2D eigenvalue weighted by Crippen LogP contribution is 2.14. The molecule has 2 N–H and O–H groups in total. The predicted octanol–water partition coefficient (Wildman–Crippen LogP) is 1.65. The van der Waals surface area contributed by atoms with Gasteiger partial charge in [-0.3, -0.25) is 0 Å². The van der Waals surface area contributed by atoms with Crippen LogP contribution in [0, 0.1) is 0 Å². The Kier molecular flexibility index (Phi) is 6.14. The van der Waals surface area contributed by atoms with Crippen molar-refractivity contribution in [3.05, 3.63) is 42.5 Å².